The van der Waals surface area contributed by atoms with Gasteiger partial charge in [0.15, 0.2) is 0 Å². The van der Waals surface area contributed by atoms with Gasteiger partial charge in [-0.25, -0.2) is 0 Å². The SMILES string of the molecule is CC1=Cc2c(-c3ccc(C(C)(C)C)cc3)ccc(C)c2[CH]1[Zr]([Cl])([Cl])([CH]1C(c2c(C)cc(C)cc2C)=Cc2c(-c3ccc(C(C)(C)C)cc3)cccc21)[SiH](C)C. The molecule has 7 rings (SSSR count). The molecule has 0 saturated heterocycles. The maximum absolute atomic E-state index is 8.94. The van der Waals surface area contributed by atoms with Gasteiger partial charge >= 0.3 is 344 Å². The first-order valence-corrected chi connectivity index (χ1v) is 36.5. The summed E-state index contributed by atoms with van der Waals surface area (Å²) in [5.41, 5.74) is 22.3. The Hall–Kier alpha value is -2.74. The van der Waals surface area contributed by atoms with Crippen LogP contribution in [0.3, 0.4) is 0 Å². The second-order valence-corrected chi connectivity index (χ2v) is 61.7. The quantitative estimate of drug-likeness (QED) is 0.149. The molecule has 2 aliphatic carbocycles. The van der Waals surface area contributed by atoms with Crippen LogP contribution >= 0.6 is 17.0 Å². The van der Waals surface area contributed by atoms with E-state index in [1.165, 1.54) is 94.6 Å². The van der Waals surface area contributed by atoms with Crippen LogP contribution in [0.4, 0.5) is 0 Å². The van der Waals surface area contributed by atoms with E-state index < -0.39 is 21.5 Å². The Bertz CT molecular complexity index is 2370. The third-order valence-electron chi connectivity index (χ3n) is 13.0. The van der Waals surface area contributed by atoms with Gasteiger partial charge in [-0.1, -0.05) is 0 Å². The van der Waals surface area contributed by atoms with Crippen LogP contribution < -0.4 is 0 Å². The summed E-state index contributed by atoms with van der Waals surface area (Å²) in [5.74, 6) is -1.77. The second-order valence-electron chi connectivity index (χ2n) is 19.2. The zero-order chi connectivity index (χ0) is 40.0. The van der Waals surface area contributed by atoms with Crippen molar-refractivity contribution in [2.45, 2.75) is 107 Å². The van der Waals surface area contributed by atoms with Crippen molar-refractivity contribution in [3.63, 3.8) is 0 Å². The number of hydrogen-bond acceptors (Lipinski definition) is 0. The molecule has 285 valence electrons. The topological polar surface area (TPSA) is 0 Å². The molecule has 2 atom stereocenters. The molecule has 2 unspecified atom stereocenters. The molecule has 0 heterocycles. The molecule has 0 spiro atoms. The van der Waals surface area contributed by atoms with E-state index in [0.29, 0.717) is 0 Å². The van der Waals surface area contributed by atoms with Crippen LogP contribution in [-0.2, 0) is 26.4 Å². The van der Waals surface area contributed by atoms with Gasteiger partial charge in [0.1, 0.15) is 0 Å². The molecular weight excluding hydrogens is 803 g/mol. The molecular formula is C51H59Cl2SiZr. The molecule has 4 heteroatoms. The van der Waals surface area contributed by atoms with E-state index in [1.54, 1.807) is 0 Å². The first-order chi connectivity index (χ1) is 25.6. The zero-order valence-electron chi connectivity index (χ0n) is 35.3. The minimum absolute atomic E-state index is 0.0142. The van der Waals surface area contributed by atoms with Crippen molar-refractivity contribution in [2.24, 2.45) is 0 Å². The van der Waals surface area contributed by atoms with E-state index in [2.05, 4.69) is 192 Å². The summed E-state index contributed by atoms with van der Waals surface area (Å²) in [4.78, 5) is 0. The standard InChI is InChI=1S/C28H29.C21H23.C2H7Si.2ClH.Zr/c1-18-14-19(2)27(20(3)15-18)23-16-22-8-7-9-25(26(22)17-23)21-10-12-24(13-11-21)28(4,5)6;1-14-12-19-15(2)6-11-18(20(19)13-14)16-7-9-17(10-8-16)21(3,4)5;1-3-2;;;/h7-17H,1-6H3;6-13H,1-5H3;3H,1-2H3;2*1H;/q;;;;;+2/p-2. The van der Waals surface area contributed by atoms with Crippen molar-refractivity contribution in [1.29, 1.82) is 0 Å². The molecule has 0 radical (unpaired) electrons. The molecule has 0 nitrogen and oxygen atoms in total. The van der Waals surface area contributed by atoms with Gasteiger partial charge < -0.3 is 0 Å². The Morgan fingerprint density at radius 1 is 0.564 bits per heavy atom. The third-order valence-corrected chi connectivity index (χ3v) is 64.8. The summed E-state index contributed by atoms with van der Waals surface area (Å²) < 4.78 is -0.0332. The summed E-state index contributed by atoms with van der Waals surface area (Å²) >= 11 is -5.09. The van der Waals surface area contributed by atoms with Crippen LogP contribution in [0, 0.1) is 27.7 Å². The summed E-state index contributed by atoms with van der Waals surface area (Å²) in [7, 11) is 17.9. The van der Waals surface area contributed by atoms with Crippen LogP contribution in [0.25, 0.3) is 40.0 Å². The summed E-state index contributed by atoms with van der Waals surface area (Å²) in [6.07, 6.45) is 4.95. The van der Waals surface area contributed by atoms with Crippen molar-refractivity contribution in [3.8, 4) is 22.3 Å². The Labute approximate surface area is 340 Å². The van der Waals surface area contributed by atoms with Crippen LogP contribution in [0.1, 0.15) is 117 Å². The van der Waals surface area contributed by atoms with Gasteiger partial charge in [0.05, 0.1) is 0 Å². The summed E-state index contributed by atoms with van der Waals surface area (Å²) in [5, 5.41) is 0. The Morgan fingerprint density at radius 3 is 1.56 bits per heavy atom. The molecule has 0 bridgehead atoms. The third kappa shape index (κ3) is 6.70. The number of fused-ring (bicyclic) bond motifs is 2. The van der Waals surface area contributed by atoms with Gasteiger partial charge in [-0.2, -0.15) is 0 Å². The van der Waals surface area contributed by atoms with Crippen molar-refractivity contribution in [2.75, 3.05) is 0 Å². The Kier molecular flexibility index (Phi) is 10.3. The van der Waals surface area contributed by atoms with Gasteiger partial charge in [0.2, 0.25) is 0 Å². The van der Waals surface area contributed by atoms with E-state index in [-0.39, 0.29) is 18.1 Å². The van der Waals surface area contributed by atoms with E-state index in [4.69, 9.17) is 17.0 Å². The van der Waals surface area contributed by atoms with E-state index in [9.17, 15) is 0 Å². The Morgan fingerprint density at radius 2 is 1.07 bits per heavy atom. The zero-order valence-corrected chi connectivity index (χ0v) is 40.4. The van der Waals surface area contributed by atoms with Gasteiger partial charge in [-0.15, -0.1) is 0 Å². The molecule has 5 aromatic rings. The molecule has 0 saturated carbocycles. The van der Waals surface area contributed by atoms with Crippen molar-refractivity contribution in [1.82, 2.24) is 0 Å². The van der Waals surface area contributed by atoms with E-state index in [0.717, 1.165) is 0 Å². The fourth-order valence-electron chi connectivity index (χ4n) is 10.0. The van der Waals surface area contributed by atoms with E-state index >= 15 is 0 Å². The number of rotatable bonds is 6. The van der Waals surface area contributed by atoms with Gasteiger partial charge in [0.25, 0.3) is 0 Å². The van der Waals surface area contributed by atoms with Gasteiger partial charge in [0, 0.05) is 0 Å². The fraction of sp³-hybridized carbons (Fsp3) is 0.333. The first-order valence-electron chi connectivity index (χ1n) is 20.2. The van der Waals surface area contributed by atoms with Crippen molar-refractivity contribution in [3.05, 3.63) is 158 Å². The predicted molar refractivity (Wildman–Crippen MR) is 244 cm³/mol. The number of hydrogen-bond donors (Lipinski definition) is 0. The van der Waals surface area contributed by atoms with Crippen LogP contribution in [0.2, 0.25) is 13.1 Å². The maximum atomic E-state index is 8.94. The molecule has 0 amide bonds. The molecule has 2 aliphatic rings. The average Bonchev–Trinajstić information content (AvgIpc) is 3.67. The molecule has 0 fully saturated rings. The first kappa shape index (κ1) is 40.5. The van der Waals surface area contributed by atoms with Crippen LogP contribution in [0.5, 0.6) is 0 Å². The second kappa shape index (κ2) is 14.0. The molecule has 0 aromatic heterocycles. The number of aryl methyl sites for hydroxylation is 4. The molecule has 5 aromatic carbocycles. The minimum atomic E-state index is -5.09. The molecule has 0 N–H and O–H groups in total. The van der Waals surface area contributed by atoms with E-state index in [1.807, 2.05) is 0 Å². The van der Waals surface area contributed by atoms with Crippen LogP contribution in [-0.4, -0.2) is 5.92 Å². The average molecular weight is 862 g/mol. The fourth-order valence-corrected chi connectivity index (χ4v) is 41.5. The van der Waals surface area contributed by atoms with Gasteiger partial charge in [-0.3, -0.25) is 0 Å². The number of allylic oxidation sites excluding steroid dienone is 2. The normalized spacial score (nSPS) is 17.8. The predicted octanol–water partition coefficient (Wildman–Crippen LogP) is 15.6. The van der Waals surface area contributed by atoms with Crippen LogP contribution in [0.15, 0.2) is 96.6 Å². The molecule has 55 heavy (non-hydrogen) atoms. The Balaban J connectivity index is 1.48. The monoisotopic (exact) mass is 859 g/mol. The molecule has 0 aliphatic heterocycles. The number of halogens is 2. The van der Waals surface area contributed by atoms with Crippen molar-refractivity contribution >= 4 is 40.7 Å². The summed E-state index contributed by atoms with van der Waals surface area (Å²) in [6, 6.07) is 34.7. The van der Waals surface area contributed by atoms with Gasteiger partial charge in [-0.05, 0) is 0 Å². The summed E-state index contributed by atoms with van der Waals surface area (Å²) in [6.45, 7) is 29.9. The van der Waals surface area contributed by atoms with Crippen molar-refractivity contribution < 1.29 is 15.6 Å². The number of benzene rings is 5.